The van der Waals surface area contributed by atoms with E-state index in [-0.39, 0.29) is 47.9 Å². The highest BCUT2D eigenvalue weighted by atomic mass is 35.5. The Morgan fingerprint density at radius 2 is 1.90 bits per heavy atom. The zero-order chi connectivity index (χ0) is 37.1. The van der Waals surface area contributed by atoms with Gasteiger partial charge in [0.05, 0.1) is 25.0 Å². The van der Waals surface area contributed by atoms with Crippen molar-refractivity contribution in [2.75, 3.05) is 43.5 Å². The molecule has 1 aromatic carbocycles. The number of rotatable bonds is 13. The quantitative estimate of drug-likeness (QED) is 0.117. The van der Waals surface area contributed by atoms with Gasteiger partial charge in [0.1, 0.15) is 11.6 Å². The Morgan fingerprint density at radius 3 is 2.53 bits per heavy atom. The van der Waals surface area contributed by atoms with E-state index >= 15 is 0 Å². The van der Waals surface area contributed by atoms with Gasteiger partial charge in [-0.15, -0.1) is 6.42 Å². The van der Waals surface area contributed by atoms with Crippen molar-refractivity contribution in [2.45, 2.75) is 77.9 Å². The molecule has 0 aliphatic carbocycles. The van der Waals surface area contributed by atoms with Crippen LogP contribution in [0.25, 0.3) is 11.2 Å². The third kappa shape index (κ3) is 7.21. The molecule has 2 aromatic heterocycles. The number of hydrogen-bond acceptors (Lipinski definition) is 12. The molecule has 0 radical (unpaired) electrons. The van der Waals surface area contributed by atoms with Crippen molar-refractivity contribution >= 4 is 58.0 Å². The summed E-state index contributed by atoms with van der Waals surface area (Å²) in [5.74, 6) is 0.589. The molecule has 2 aliphatic rings. The molecule has 2 amide bonds. The average Bonchev–Trinajstić information content (AvgIpc) is 3.63. The van der Waals surface area contributed by atoms with Crippen LogP contribution in [0.5, 0.6) is 0 Å². The zero-order valence-corrected chi connectivity index (χ0v) is 30.0. The summed E-state index contributed by atoms with van der Waals surface area (Å²) >= 11 is 6.10. The Labute approximate surface area is 300 Å². The van der Waals surface area contributed by atoms with Crippen LogP contribution in [-0.2, 0) is 39.8 Å². The van der Waals surface area contributed by atoms with Crippen LogP contribution in [0, 0.1) is 17.8 Å². The number of imidazole rings is 1. The number of nitrogens with zero attached hydrogens (tertiary/aromatic N) is 6. The Balaban J connectivity index is 1.45. The first-order valence-corrected chi connectivity index (χ1v) is 17.1. The first-order valence-electron chi connectivity index (χ1n) is 16.7. The van der Waals surface area contributed by atoms with E-state index in [1.807, 2.05) is 11.8 Å². The van der Waals surface area contributed by atoms with Crippen molar-refractivity contribution in [3.63, 3.8) is 0 Å². The molecule has 0 saturated carbocycles. The number of halogens is 1. The van der Waals surface area contributed by atoms with Gasteiger partial charge in [0.2, 0.25) is 10.9 Å². The van der Waals surface area contributed by atoms with Crippen LogP contribution < -0.4 is 10.6 Å². The second kappa shape index (κ2) is 15.2. The van der Waals surface area contributed by atoms with Gasteiger partial charge >= 0.3 is 18.0 Å². The summed E-state index contributed by atoms with van der Waals surface area (Å²) in [6.45, 7) is 9.33. The third-order valence-corrected chi connectivity index (χ3v) is 9.45. The van der Waals surface area contributed by atoms with Crippen LogP contribution in [-0.4, -0.2) is 98.8 Å². The molecule has 5 rings (SSSR count). The standard InChI is InChI=1S/C35H42ClN7O8/c1-7-15-41-16-10-17-42(33(41)47)24-13-11-23(12-14-24)18-35(21(4)44,31(46)48-9-3)49-19-25-34(6,8-2)27(50-22(5)45)30(51-25)43-20-38-26-28(37)39-32(36)40-29(26)43/h2,11-14,20,25,27,30H,7,9-10,15-19H2,1,3-6H3,(H2,37,39,40)/t25-,27+,30-,34+,35?/m1/s1. The molecule has 3 aromatic rings. The van der Waals surface area contributed by atoms with Gasteiger partial charge in [0, 0.05) is 38.7 Å². The van der Waals surface area contributed by atoms with Crippen molar-refractivity contribution in [3.8, 4) is 12.3 Å². The van der Waals surface area contributed by atoms with Crippen molar-refractivity contribution in [1.29, 1.82) is 0 Å². The number of urea groups is 1. The van der Waals surface area contributed by atoms with Gasteiger partial charge in [-0.3, -0.25) is 19.1 Å². The van der Waals surface area contributed by atoms with E-state index in [2.05, 4.69) is 20.9 Å². The summed E-state index contributed by atoms with van der Waals surface area (Å²) in [6, 6.07) is 6.98. The maximum Gasteiger partial charge on any atom is 0.346 e. The highest BCUT2D eigenvalue weighted by molar-refractivity contribution is 6.28. The monoisotopic (exact) mass is 723 g/mol. The summed E-state index contributed by atoms with van der Waals surface area (Å²) in [4.78, 5) is 68.6. The number of carbonyl (C=O) groups is 4. The summed E-state index contributed by atoms with van der Waals surface area (Å²) in [7, 11) is 0. The molecule has 272 valence electrons. The minimum atomic E-state index is -2.10. The number of hydrogen-bond donors (Lipinski definition) is 1. The number of nitrogen functional groups attached to an aromatic ring is 1. The average molecular weight is 724 g/mol. The third-order valence-electron chi connectivity index (χ3n) is 9.28. The molecule has 0 bridgehead atoms. The molecule has 2 N–H and O–H groups in total. The van der Waals surface area contributed by atoms with Crippen LogP contribution in [0.4, 0.5) is 16.3 Å². The highest BCUT2D eigenvalue weighted by Gasteiger charge is 2.58. The van der Waals surface area contributed by atoms with E-state index < -0.39 is 47.2 Å². The number of esters is 2. The van der Waals surface area contributed by atoms with E-state index in [0.29, 0.717) is 30.9 Å². The maximum absolute atomic E-state index is 13.6. The number of ketones is 1. The lowest BCUT2D eigenvalue weighted by molar-refractivity contribution is -0.182. The fraction of sp³-hybridized carbons (Fsp3) is 0.514. The predicted octanol–water partition coefficient (Wildman–Crippen LogP) is 3.72. The fourth-order valence-electron chi connectivity index (χ4n) is 6.51. The van der Waals surface area contributed by atoms with Crippen LogP contribution in [0.15, 0.2) is 30.6 Å². The van der Waals surface area contributed by atoms with Crippen molar-refractivity contribution < 1.29 is 38.1 Å². The lowest BCUT2D eigenvalue weighted by Crippen LogP contribution is -2.53. The summed E-state index contributed by atoms with van der Waals surface area (Å²) in [5, 5.41) is -0.141. The molecule has 16 heteroatoms. The lowest BCUT2D eigenvalue weighted by Gasteiger charge is -2.35. The number of benzene rings is 1. The van der Waals surface area contributed by atoms with Gasteiger partial charge in [0.15, 0.2) is 29.6 Å². The first-order chi connectivity index (χ1) is 24.3. The molecule has 2 saturated heterocycles. The van der Waals surface area contributed by atoms with E-state index in [9.17, 15) is 19.2 Å². The molecule has 4 heterocycles. The summed E-state index contributed by atoms with van der Waals surface area (Å²) in [6.07, 6.45) is 5.75. The topological polar surface area (TPSA) is 181 Å². The van der Waals surface area contributed by atoms with Gasteiger partial charge in [-0.25, -0.2) is 14.6 Å². The molecule has 5 atom stereocenters. The summed E-state index contributed by atoms with van der Waals surface area (Å²) < 4.78 is 25.3. The number of Topliss-reactive ketones (excluding diaryl/α,β-unsaturated/α-hetero) is 1. The molecular formula is C35H42ClN7O8. The second-order valence-corrected chi connectivity index (χ2v) is 13.0. The smallest absolute Gasteiger partial charge is 0.346 e. The Bertz CT molecular complexity index is 1840. The number of ether oxygens (including phenoxy) is 4. The second-order valence-electron chi connectivity index (χ2n) is 12.7. The largest absolute Gasteiger partial charge is 0.463 e. The lowest BCUT2D eigenvalue weighted by atomic mass is 9.81. The van der Waals surface area contributed by atoms with Gasteiger partial charge in [-0.2, -0.15) is 9.97 Å². The number of anilines is 2. The van der Waals surface area contributed by atoms with Crippen LogP contribution in [0.3, 0.4) is 0 Å². The number of amides is 2. The molecule has 0 spiro atoms. The number of terminal acetylenes is 1. The minimum absolute atomic E-state index is 0.0126. The van der Waals surface area contributed by atoms with Crippen LogP contribution in [0.1, 0.15) is 59.3 Å². The predicted molar refractivity (Wildman–Crippen MR) is 187 cm³/mol. The van der Waals surface area contributed by atoms with Gasteiger partial charge in [0.25, 0.3) is 0 Å². The normalized spacial score (nSPS) is 23.2. The van der Waals surface area contributed by atoms with Crippen molar-refractivity contribution in [1.82, 2.24) is 24.4 Å². The molecule has 2 aliphatic heterocycles. The molecule has 1 unspecified atom stereocenters. The number of carbonyl (C=O) groups excluding carboxylic acids is 4. The maximum atomic E-state index is 13.6. The molecule has 51 heavy (non-hydrogen) atoms. The molecule has 15 nitrogen and oxygen atoms in total. The molecule has 2 fully saturated rings. The SMILES string of the molecule is C#C[C@@]1(C)[C@@H](COC(Cc2ccc(N3CCCN(CCC)C3=O)cc2)(C(C)=O)C(=O)OCC)O[C@@H](n2cnc3c(N)nc(Cl)nc32)[C@@H]1OC(C)=O. The highest BCUT2D eigenvalue weighted by Crippen LogP contribution is 2.46. The number of nitrogens with two attached hydrogens (primary N) is 1. The van der Waals surface area contributed by atoms with E-state index in [4.69, 9.17) is 42.7 Å². The van der Waals surface area contributed by atoms with Crippen LogP contribution >= 0.6 is 11.6 Å². The molecular weight excluding hydrogens is 682 g/mol. The number of fused-ring (bicyclic) bond motifs is 1. The van der Waals surface area contributed by atoms with Gasteiger partial charge in [-0.1, -0.05) is 25.0 Å². The fourth-order valence-corrected chi connectivity index (χ4v) is 6.68. The van der Waals surface area contributed by atoms with E-state index in [0.717, 1.165) is 12.8 Å². The van der Waals surface area contributed by atoms with Gasteiger partial charge < -0.3 is 29.6 Å². The minimum Gasteiger partial charge on any atom is -0.463 e. The Kier molecular flexibility index (Phi) is 11.2. The van der Waals surface area contributed by atoms with E-state index in [1.54, 1.807) is 43.0 Å². The Hall–Kier alpha value is -4.78. The first kappa shape index (κ1) is 37.5. The summed E-state index contributed by atoms with van der Waals surface area (Å²) in [5.41, 5.74) is 4.29. The van der Waals surface area contributed by atoms with Crippen molar-refractivity contribution in [2.24, 2.45) is 5.41 Å². The number of aromatic nitrogens is 4. The van der Waals surface area contributed by atoms with Crippen molar-refractivity contribution in [3.05, 3.63) is 41.4 Å². The van der Waals surface area contributed by atoms with E-state index in [1.165, 1.54) is 24.7 Å². The van der Waals surface area contributed by atoms with Crippen LogP contribution in [0.2, 0.25) is 5.28 Å². The van der Waals surface area contributed by atoms with Gasteiger partial charge in [-0.05, 0) is 62.9 Å². The Morgan fingerprint density at radius 1 is 1.18 bits per heavy atom. The zero-order valence-electron chi connectivity index (χ0n) is 29.3.